The summed E-state index contributed by atoms with van der Waals surface area (Å²) in [6.07, 6.45) is 3.52. The van der Waals surface area contributed by atoms with Crippen molar-refractivity contribution in [3.8, 4) is 0 Å². The van der Waals surface area contributed by atoms with E-state index in [9.17, 15) is 8.42 Å². The summed E-state index contributed by atoms with van der Waals surface area (Å²) in [4.78, 5) is 0.202. The van der Waals surface area contributed by atoms with Crippen LogP contribution in [0.1, 0.15) is 31.2 Å². The normalized spacial score (nSPS) is 20.0. The predicted molar refractivity (Wildman–Crippen MR) is 88.6 cm³/mol. The second-order valence-corrected chi connectivity index (χ2v) is 7.54. The minimum Gasteiger partial charge on any atom is -0.330 e. The van der Waals surface area contributed by atoms with Gasteiger partial charge in [0.1, 0.15) is 4.90 Å². The van der Waals surface area contributed by atoms with Crippen LogP contribution in [0.4, 0.5) is 0 Å². The van der Waals surface area contributed by atoms with Gasteiger partial charge in [-0.05, 0) is 50.4 Å². The number of sulfonamides is 1. The zero-order chi connectivity index (χ0) is 14.8. The van der Waals surface area contributed by atoms with E-state index in [2.05, 4.69) is 0 Å². The summed E-state index contributed by atoms with van der Waals surface area (Å²) in [5, 5.41) is 0.294. The summed E-state index contributed by atoms with van der Waals surface area (Å²) in [5.41, 5.74) is 6.56. The van der Waals surface area contributed by atoms with Gasteiger partial charge in [0.25, 0.3) is 0 Å². The Kier molecular flexibility index (Phi) is 6.94. The Morgan fingerprint density at radius 1 is 1.38 bits per heavy atom. The molecule has 21 heavy (non-hydrogen) atoms. The van der Waals surface area contributed by atoms with Crippen molar-refractivity contribution in [2.45, 2.75) is 43.5 Å². The maximum Gasteiger partial charge on any atom is 0.244 e. The van der Waals surface area contributed by atoms with Gasteiger partial charge >= 0.3 is 0 Å². The highest BCUT2D eigenvalue weighted by Gasteiger charge is 2.34. The van der Waals surface area contributed by atoms with E-state index in [4.69, 9.17) is 17.3 Å². The van der Waals surface area contributed by atoms with Crippen molar-refractivity contribution in [2.24, 2.45) is 5.73 Å². The Labute approximate surface area is 138 Å². The van der Waals surface area contributed by atoms with E-state index in [0.717, 1.165) is 24.8 Å². The maximum atomic E-state index is 12.8. The van der Waals surface area contributed by atoms with Gasteiger partial charge in [-0.3, -0.25) is 0 Å². The molecule has 0 bridgehead atoms. The minimum atomic E-state index is -3.53. The average Bonchev–Trinajstić information content (AvgIpc) is 2.39. The number of rotatable bonds is 4. The lowest BCUT2D eigenvalue weighted by Crippen LogP contribution is -2.44. The van der Waals surface area contributed by atoms with Crippen LogP contribution in [0, 0.1) is 6.92 Å². The van der Waals surface area contributed by atoms with Crippen molar-refractivity contribution in [1.82, 2.24) is 4.31 Å². The number of piperidine rings is 1. The largest absolute Gasteiger partial charge is 0.330 e. The summed E-state index contributed by atoms with van der Waals surface area (Å²) < 4.78 is 27.2. The molecule has 2 rings (SSSR count). The summed E-state index contributed by atoms with van der Waals surface area (Å²) >= 11 is 6.13. The van der Waals surface area contributed by atoms with Gasteiger partial charge in [0.15, 0.2) is 0 Å². The number of benzene rings is 1. The van der Waals surface area contributed by atoms with Gasteiger partial charge in [0.05, 0.1) is 5.02 Å². The standard InChI is InChI=1S/C14H21ClN2O2S.ClH/c1-11-5-6-14(13(15)10-11)20(18,19)17-9-3-2-4-12(17)7-8-16;/h5-6,10,12H,2-4,7-9,16H2,1H3;1H. The Balaban J connectivity index is 0.00000220. The Morgan fingerprint density at radius 3 is 2.71 bits per heavy atom. The van der Waals surface area contributed by atoms with Crippen molar-refractivity contribution < 1.29 is 8.42 Å². The molecule has 0 radical (unpaired) electrons. The molecule has 1 heterocycles. The number of nitrogens with zero attached hydrogens (tertiary/aromatic N) is 1. The summed E-state index contributed by atoms with van der Waals surface area (Å²) in [7, 11) is -3.53. The molecule has 120 valence electrons. The van der Waals surface area contributed by atoms with E-state index in [-0.39, 0.29) is 23.3 Å². The molecule has 0 saturated carbocycles. The lowest BCUT2D eigenvalue weighted by Gasteiger charge is -2.34. The van der Waals surface area contributed by atoms with Crippen LogP contribution >= 0.6 is 24.0 Å². The molecule has 0 amide bonds. The molecule has 1 atom stereocenters. The van der Waals surface area contributed by atoms with Gasteiger partial charge in [-0.15, -0.1) is 12.4 Å². The zero-order valence-corrected chi connectivity index (χ0v) is 14.5. The second kappa shape index (κ2) is 7.79. The van der Waals surface area contributed by atoms with Gasteiger partial charge < -0.3 is 5.73 Å². The number of aryl methyl sites for hydroxylation is 1. The molecule has 4 nitrogen and oxygen atoms in total. The molecule has 0 aromatic heterocycles. The molecule has 1 unspecified atom stereocenters. The van der Waals surface area contributed by atoms with Crippen LogP contribution in [-0.2, 0) is 10.0 Å². The fraction of sp³-hybridized carbons (Fsp3) is 0.571. The van der Waals surface area contributed by atoms with Crippen LogP contribution in [0.15, 0.2) is 23.1 Å². The van der Waals surface area contributed by atoms with Crippen molar-refractivity contribution in [3.63, 3.8) is 0 Å². The fourth-order valence-electron chi connectivity index (χ4n) is 2.71. The Morgan fingerprint density at radius 2 is 2.10 bits per heavy atom. The third kappa shape index (κ3) is 4.11. The second-order valence-electron chi connectivity index (χ2n) is 5.28. The van der Waals surface area contributed by atoms with E-state index in [1.165, 1.54) is 0 Å². The molecule has 1 aromatic carbocycles. The smallest absolute Gasteiger partial charge is 0.244 e. The monoisotopic (exact) mass is 352 g/mol. The third-order valence-corrected chi connectivity index (χ3v) is 6.18. The van der Waals surface area contributed by atoms with E-state index in [1.807, 2.05) is 6.92 Å². The van der Waals surface area contributed by atoms with Crippen LogP contribution in [0.3, 0.4) is 0 Å². The molecule has 1 aromatic rings. The van der Waals surface area contributed by atoms with Crippen molar-refractivity contribution in [2.75, 3.05) is 13.1 Å². The van der Waals surface area contributed by atoms with E-state index in [0.29, 0.717) is 24.5 Å². The maximum absolute atomic E-state index is 12.8. The quantitative estimate of drug-likeness (QED) is 0.905. The van der Waals surface area contributed by atoms with Gasteiger partial charge in [-0.1, -0.05) is 24.1 Å². The molecule has 2 N–H and O–H groups in total. The SMILES string of the molecule is Cc1ccc(S(=O)(=O)N2CCCCC2CCN)c(Cl)c1.Cl. The van der Waals surface area contributed by atoms with Gasteiger partial charge in [0, 0.05) is 12.6 Å². The number of hydrogen-bond acceptors (Lipinski definition) is 3. The number of hydrogen-bond donors (Lipinski definition) is 1. The highest BCUT2D eigenvalue weighted by atomic mass is 35.5. The van der Waals surface area contributed by atoms with Crippen LogP contribution in [0.5, 0.6) is 0 Å². The van der Waals surface area contributed by atoms with Crippen LogP contribution < -0.4 is 5.73 Å². The summed E-state index contributed by atoms with van der Waals surface area (Å²) in [6, 6.07) is 5.06. The van der Waals surface area contributed by atoms with Gasteiger partial charge in [0.2, 0.25) is 10.0 Å². The average molecular weight is 353 g/mol. The van der Waals surface area contributed by atoms with Crippen molar-refractivity contribution in [3.05, 3.63) is 28.8 Å². The first-order valence-corrected chi connectivity index (χ1v) is 8.76. The summed E-state index contributed by atoms with van der Waals surface area (Å²) in [5.74, 6) is 0. The topological polar surface area (TPSA) is 63.4 Å². The minimum absolute atomic E-state index is 0. The van der Waals surface area contributed by atoms with E-state index < -0.39 is 10.0 Å². The molecule has 0 spiro atoms. The van der Waals surface area contributed by atoms with Crippen molar-refractivity contribution >= 4 is 34.0 Å². The lowest BCUT2D eigenvalue weighted by atomic mass is 10.0. The molecule has 1 aliphatic heterocycles. The highest BCUT2D eigenvalue weighted by Crippen LogP contribution is 2.30. The van der Waals surface area contributed by atoms with Gasteiger partial charge in [-0.25, -0.2) is 8.42 Å². The number of halogens is 2. The van der Waals surface area contributed by atoms with Crippen LogP contribution in [0.2, 0.25) is 5.02 Å². The van der Waals surface area contributed by atoms with E-state index >= 15 is 0 Å². The fourth-order valence-corrected chi connectivity index (χ4v) is 5.01. The molecular weight excluding hydrogens is 331 g/mol. The molecular formula is C14H22Cl2N2O2S. The van der Waals surface area contributed by atoms with E-state index in [1.54, 1.807) is 22.5 Å². The first kappa shape index (κ1) is 18.7. The summed E-state index contributed by atoms with van der Waals surface area (Å²) in [6.45, 7) is 2.94. The molecule has 1 saturated heterocycles. The lowest BCUT2D eigenvalue weighted by molar-refractivity contribution is 0.243. The van der Waals surface area contributed by atoms with Crippen LogP contribution in [-0.4, -0.2) is 31.9 Å². The first-order chi connectivity index (χ1) is 9.46. The van der Waals surface area contributed by atoms with Crippen molar-refractivity contribution in [1.29, 1.82) is 0 Å². The third-order valence-electron chi connectivity index (χ3n) is 3.75. The predicted octanol–water partition coefficient (Wildman–Crippen LogP) is 2.96. The van der Waals surface area contributed by atoms with Gasteiger partial charge in [-0.2, -0.15) is 4.31 Å². The Bertz CT molecular complexity index is 576. The van der Waals surface area contributed by atoms with Crippen LogP contribution in [0.25, 0.3) is 0 Å². The highest BCUT2D eigenvalue weighted by molar-refractivity contribution is 7.89. The number of nitrogens with two attached hydrogens (primary N) is 1. The molecule has 7 heteroatoms. The first-order valence-electron chi connectivity index (χ1n) is 6.95. The molecule has 1 aliphatic rings. The zero-order valence-electron chi connectivity index (χ0n) is 12.1. The molecule has 1 fully saturated rings. The Hall–Kier alpha value is -0.330. The molecule has 0 aliphatic carbocycles.